The number of aromatic nitrogens is 1. The Bertz CT molecular complexity index is 536. The van der Waals surface area contributed by atoms with Crippen molar-refractivity contribution in [2.45, 2.75) is 45.8 Å². The van der Waals surface area contributed by atoms with Crippen LogP contribution in [0.3, 0.4) is 0 Å². The SMILES string of the molecule is CC(=O)c1cccc(/C=C/B2OC(C)(C)C(C)(C)O2)n1. The molecule has 1 fully saturated rings. The summed E-state index contributed by atoms with van der Waals surface area (Å²) in [5, 5.41) is 0. The third-order valence-electron chi connectivity index (χ3n) is 3.83. The van der Waals surface area contributed by atoms with Gasteiger partial charge in [0.2, 0.25) is 0 Å². The van der Waals surface area contributed by atoms with Crippen molar-refractivity contribution in [2.75, 3.05) is 0 Å². The molecule has 1 aliphatic heterocycles. The fourth-order valence-electron chi connectivity index (χ4n) is 1.88. The summed E-state index contributed by atoms with van der Waals surface area (Å²) in [5.74, 6) is 1.78. The molecule has 0 amide bonds. The Morgan fingerprint density at radius 3 is 2.35 bits per heavy atom. The van der Waals surface area contributed by atoms with E-state index in [1.54, 1.807) is 6.07 Å². The largest absolute Gasteiger partial charge is 0.487 e. The fourth-order valence-corrected chi connectivity index (χ4v) is 1.88. The van der Waals surface area contributed by atoms with Gasteiger partial charge in [-0.05, 0) is 45.9 Å². The van der Waals surface area contributed by atoms with Crippen LogP contribution in [0.5, 0.6) is 0 Å². The number of carbonyl (C=O) groups excluding carboxylic acids is 1. The number of ketones is 1. The third-order valence-corrected chi connectivity index (χ3v) is 3.83. The summed E-state index contributed by atoms with van der Waals surface area (Å²) < 4.78 is 11.7. The second-order valence-electron chi connectivity index (χ2n) is 5.99. The lowest BCUT2D eigenvalue weighted by molar-refractivity contribution is 0.00578. The standard InChI is InChI=1S/C15H20BNO3/c1-11(18)13-8-6-7-12(17-13)9-10-16-19-14(2,3)15(4,5)20-16/h6-10H,1-5H3/b10-9+. The van der Waals surface area contributed by atoms with Crippen molar-refractivity contribution in [3.8, 4) is 0 Å². The van der Waals surface area contributed by atoms with E-state index in [2.05, 4.69) is 4.98 Å². The Morgan fingerprint density at radius 1 is 1.20 bits per heavy atom. The molecule has 106 valence electrons. The number of nitrogens with zero attached hydrogens (tertiary/aromatic N) is 1. The molecule has 4 nitrogen and oxygen atoms in total. The maximum atomic E-state index is 11.3. The Kier molecular flexibility index (Phi) is 3.85. The third kappa shape index (κ3) is 2.99. The molecule has 0 aliphatic carbocycles. The first-order valence-corrected chi connectivity index (χ1v) is 6.73. The maximum Gasteiger partial charge on any atom is 0.487 e. The van der Waals surface area contributed by atoms with Gasteiger partial charge in [0.05, 0.1) is 16.9 Å². The Balaban J connectivity index is 2.12. The molecule has 0 bridgehead atoms. The van der Waals surface area contributed by atoms with Crippen molar-refractivity contribution in [2.24, 2.45) is 0 Å². The highest BCUT2D eigenvalue weighted by Crippen LogP contribution is 2.36. The predicted molar refractivity (Wildman–Crippen MR) is 79.4 cm³/mol. The molecule has 0 spiro atoms. The second-order valence-corrected chi connectivity index (χ2v) is 5.99. The van der Waals surface area contributed by atoms with Crippen LogP contribution >= 0.6 is 0 Å². The monoisotopic (exact) mass is 273 g/mol. The van der Waals surface area contributed by atoms with Gasteiger partial charge in [-0.2, -0.15) is 0 Å². The van der Waals surface area contributed by atoms with Crippen LogP contribution < -0.4 is 0 Å². The first kappa shape index (κ1) is 14.9. The molecular weight excluding hydrogens is 253 g/mol. The van der Waals surface area contributed by atoms with Crippen LogP contribution in [-0.4, -0.2) is 29.1 Å². The zero-order valence-corrected chi connectivity index (χ0v) is 12.6. The molecule has 1 saturated heterocycles. The van der Waals surface area contributed by atoms with Gasteiger partial charge in [0.25, 0.3) is 0 Å². The average molecular weight is 273 g/mol. The highest BCUT2D eigenvalue weighted by Gasteiger charge is 2.49. The van der Waals surface area contributed by atoms with Crippen molar-refractivity contribution < 1.29 is 14.1 Å². The number of rotatable bonds is 3. The van der Waals surface area contributed by atoms with Gasteiger partial charge in [-0.1, -0.05) is 12.0 Å². The van der Waals surface area contributed by atoms with Crippen LogP contribution in [0.2, 0.25) is 0 Å². The maximum absolute atomic E-state index is 11.3. The summed E-state index contributed by atoms with van der Waals surface area (Å²) >= 11 is 0. The molecule has 0 radical (unpaired) electrons. The van der Waals surface area contributed by atoms with Gasteiger partial charge in [-0.15, -0.1) is 0 Å². The van der Waals surface area contributed by atoms with E-state index in [0.29, 0.717) is 11.4 Å². The molecule has 0 atom stereocenters. The first-order chi connectivity index (χ1) is 9.21. The van der Waals surface area contributed by atoms with E-state index in [-0.39, 0.29) is 17.0 Å². The Morgan fingerprint density at radius 2 is 1.80 bits per heavy atom. The molecule has 1 aromatic rings. The summed E-state index contributed by atoms with van der Waals surface area (Å²) in [6.07, 6.45) is 1.81. The summed E-state index contributed by atoms with van der Waals surface area (Å²) in [6, 6.07) is 5.36. The van der Waals surface area contributed by atoms with E-state index in [9.17, 15) is 4.79 Å². The Labute approximate surface area is 120 Å². The van der Waals surface area contributed by atoms with Gasteiger partial charge in [0.1, 0.15) is 5.69 Å². The molecular formula is C15H20BNO3. The van der Waals surface area contributed by atoms with E-state index >= 15 is 0 Å². The van der Waals surface area contributed by atoms with E-state index in [4.69, 9.17) is 9.31 Å². The number of hydrogen-bond acceptors (Lipinski definition) is 4. The lowest BCUT2D eigenvalue weighted by atomic mass is 9.89. The number of hydrogen-bond donors (Lipinski definition) is 0. The molecule has 2 rings (SSSR count). The van der Waals surface area contributed by atoms with E-state index in [1.165, 1.54) is 6.92 Å². The smallest absolute Gasteiger partial charge is 0.400 e. The number of Topliss-reactive ketones (excluding diaryl/α,β-unsaturated/α-hetero) is 1. The van der Waals surface area contributed by atoms with Crippen molar-refractivity contribution in [3.63, 3.8) is 0 Å². The zero-order valence-electron chi connectivity index (χ0n) is 12.6. The van der Waals surface area contributed by atoms with Crippen LogP contribution in [0.25, 0.3) is 6.08 Å². The van der Waals surface area contributed by atoms with Crippen molar-refractivity contribution in [1.29, 1.82) is 0 Å². The predicted octanol–water partition coefficient (Wildman–Crippen LogP) is 2.93. The van der Waals surface area contributed by atoms with Crippen molar-refractivity contribution in [3.05, 3.63) is 35.6 Å². The minimum atomic E-state index is -0.400. The van der Waals surface area contributed by atoms with Crippen LogP contribution in [0.15, 0.2) is 24.2 Å². The highest BCUT2D eigenvalue weighted by molar-refractivity contribution is 6.52. The number of carbonyl (C=O) groups is 1. The van der Waals surface area contributed by atoms with Gasteiger partial charge < -0.3 is 9.31 Å². The second kappa shape index (κ2) is 5.15. The molecule has 5 heteroatoms. The molecule has 0 aromatic carbocycles. The minimum Gasteiger partial charge on any atom is -0.400 e. The summed E-state index contributed by atoms with van der Waals surface area (Å²) in [4.78, 5) is 15.6. The van der Waals surface area contributed by atoms with Gasteiger partial charge in [0, 0.05) is 6.92 Å². The quantitative estimate of drug-likeness (QED) is 0.627. The molecule has 0 unspecified atom stereocenters. The van der Waals surface area contributed by atoms with Crippen LogP contribution in [0.1, 0.15) is 50.8 Å². The van der Waals surface area contributed by atoms with Crippen LogP contribution in [0, 0.1) is 0 Å². The lowest BCUT2D eigenvalue weighted by Crippen LogP contribution is -2.41. The minimum absolute atomic E-state index is 0.0455. The van der Waals surface area contributed by atoms with E-state index in [1.807, 2.05) is 51.9 Å². The topological polar surface area (TPSA) is 48.4 Å². The average Bonchev–Trinajstić information content (AvgIpc) is 2.56. The van der Waals surface area contributed by atoms with Gasteiger partial charge in [0.15, 0.2) is 5.78 Å². The molecule has 20 heavy (non-hydrogen) atoms. The molecule has 1 aliphatic rings. The van der Waals surface area contributed by atoms with Crippen LogP contribution in [-0.2, 0) is 9.31 Å². The van der Waals surface area contributed by atoms with E-state index < -0.39 is 7.12 Å². The number of pyridine rings is 1. The van der Waals surface area contributed by atoms with Gasteiger partial charge in [-0.25, -0.2) is 4.98 Å². The molecule has 0 N–H and O–H groups in total. The van der Waals surface area contributed by atoms with Crippen LogP contribution in [0.4, 0.5) is 0 Å². The van der Waals surface area contributed by atoms with Crippen molar-refractivity contribution in [1.82, 2.24) is 4.98 Å². The highest BCUT2D eigenvalue weighted by atomic mass is 16.7. The molecule has 1 aromatic heterocycles. The molecule has 0 saturated carbocycles. The summed E-state index contributed by atoms with van der Waals surface area (Å²) in [7, 11) is -0.400. The first-order valence-electron chi connectivity index (χ1n) is 6.73. The lowest BCUT2D eigenvalue weighted by Gasteiger charge is -2.32. The summed E-state index contributed by atoms with van der Waals surface area (Å²) in [6.45, 7) is 9.54. The van der Waals surface area contributed by atoms with Crippen molar-refractivity contribution >= 4 is 19.0 Å². The fraction of sp³-hybridized carbons (Fsp3) is 0.467. The zero-order chi connectivity index (χ0) is 15.0. The van der Waals surface area contributed by atoms with Gasteiger partial charge in [-0.3, -0.25) is 4.79 Å². The summed E-state index contributed by atoms with van der Waals surface area (Å²) in [5.41, 5.74) is 0.473. The molecule has 2 heterocycles. The normalized spacial score (nSPS) is 20.6. The van der Waals surface area contributed by atoms with Gasteiger partial charge >= 0.3 is 7.12 Å². The Hall–Kier alpha value is -1.46. The van der Waals surface area contributed by atoms with E-state index in [0.717, 1.165) is 0 Å².